The predicted octanol–water partition coefficient (Wildman–Crippen LogP) is 1.76. The molecule has 88 valence electrons. The van der Waals surface area contributed by atoms with Gasteiger partial charge in [-0.25, -0.2) is 0 Å². The van der Waals surface area contributed by atoms with E-state index in [-0.39, 0.29) is 12.5 Å². The van der Waals surface area contributed by atoms with Crippen molar-refractivity contribution in [3.8, 4) is 0 Å². The molecule has 0 aliphatic heterocycles. The number of primary amides is 1. The van der Waals surface area contributed by atoms with Crippen LogP contribution in [0.15, 0.2) is 29.2 Å². The molecule has 0 fully saturated rings. The molecule has 0 saturated carbocycles. The van der Waals surface area contributed by atoms with Gasteiger partial charge in [-0.2, -0.15) is 0 Å². The zero-order valence-corrected chi connectivity index (χ0v) is 10.5. The minimum Gasteiger partial charge on any atom is -0.369 e. The third-order valence-electron chi connectivity index (χ3n) is 1.92. The van der Waals surface area contributed by atoms with Crippen LogP contribution < -0.4 is 11.1 Å². The molecule has 0 aliphatic carbocycles. The highest BCUT2D eigenvalue weighted by Gasteiger charge is 1.99. The fourth-order valence-electron chi connectivity index (χ4n) is 1.29. The highest BCUT2D eigenvalue weighted by Crippen LogP contribution is 2.22. The molecule has 0 heterocycles. The van der Waals surface area contributed by atoms with Crippen molar-refractivity contribution in [1.29, 1.82) is 0 Å². The number of nitrogens with one attached hydrogen (secondary N) is 1. The maximum Gasteiger partial charge on any atom is 0.231 e. The van der Waals surface area contributed by atoms with Gasteiger partial charge in [-0.1, -0.05) is 26.0 Å². The van der Waals surface area contributed by atoms with E-state index in [4.69, 9.17) is 5.73 Å². The van der Waals surface area contributed by atoms with E-state index in [1.54, 1.807) is 0 Å². The van der Waals surface area contributed by atoms with Gasteiger partial charge in [0.25, 0.3) is 0 Å². The van der Waals surface area contributed by atoms with E-state index in [9.17, 15) is 4.79 Å². The Kier molecular flexibility index (Phi) is 5.35. The first kappa shape index (κ1) is 13.1. The van der Waals surface area contributed by atoms with E-state index in [1.165, 1.54) is 4.90 Å². The number of carbonyl (C=O) groups excluding carboxylic acids is 1. The lowest BCUT2D eigenvalue weighted by atomic mass is 10.2. The van der Waals surface area contributed by atoms with Gasteiger partial charge in [0.1, 0.15) is 0 Å². The quantitative estimate of drug-likeness (QED) is 0.743. The normalized spacial score (nSPS) is 10.7. The molecule has 4 heteroatoms. The second-order valence-corrected chi connectivity index (χ2v) is 5.53. The van der Waals surface area contributed by atoms with Gasteiger partial charge in [0.15, 0.2) is 0 Å². The first-order chi connectivity index (χ1) is 7.58. The molecule has 0 radical (unpaired) electrons. The predicted molar refractivity (Wildman–Crippen MR) is 68.3 cm³/mol. The van der Waals surface area contributed by atoms with E-state index in [0.29, 0.717) is 11.8 Å². The maximum absolute atomic E-state index is 10.5. The first-order valence-corrected chi connectivity index (χ1v) is 6.20. The van der Waals surface area contributed by atoms with Crippen LogP contribution in [0.2, 0.25) is 0 Å². The Hall–Kier alpha value is -1.00. The van der Waals surface area contributed by atoms with Gasteiger partial charge in [0.2, 0.25) is 5.91 Å². The van der Waals surface area contributed by atoms with Crippen LogP contribution in [-0.2, 0) is 11.3 Å². The molecule has 3 N–H and O–H groups in total. The van der Waals surface area contributed by atoms with Gasteiger partial charge in [-0.15, -0.1) is 11.8 Å². The Morgan fingerprint density at radius 2 is 2.00 bits per heavy atom. The van der Waals surface area contributed by atoms with Crippen LogP contribution in [0.3, 0.4) is 0 Å². The Labute approximate surface area is 101 Å². The molecule has 1 rings (SSSR count). The minimum absolute atomic E-state index is 0.225. The van der Waals surface area contributed by atoms with E-state index in [1.807, 2.05) is 11.8 Å². The summed E-state index contributed by atoms with van der Waals surface area (Å²) in [5, 5.41) is 3.58. The van der Waals surface area contributed by atoms with Crippen LogP contribution in [0.1, 0.15) is 19.4 Å². The Bertz CT molecular complexity index is 335. The largest absolute Gasteiger partial charge is 0.369 e. The third-order valence-corrected chi connectivity index (χ3v) is 2.94. The molecule has 1 amide bonds. The fraction of sp³-hybridized carbons (Fsp3) is 0.417. The molecular weight excluding hydrogens is 220 g/mol. The van der Waals surface area contributed by atoms with Gasteiger partial charge in [-0.05, 0) is 17.7 Å². The van der Waals surface area contributed by atoms with Crippen molar-refractivity contribution >= 4 is 17.7 Å². The van der Waals surface area contributed by atoms with Crippen molar-refractivity contribution < 1.29 is 4.79 Å². The summed E-state index contributed by atoms with van der Waals surface area (Å²) < 4.78 is 0. The second-order valence-electron chi connectivity index (χ2n) is 3.88. The van der Waals surface area contributed by atoms with Crippen LogP contribution in [0, 0.1) is 0 Å². The van der Waals surface area contributed by atoms with Crippen molar-refractivity contribution in [1.82, 2.24) is 5.32 Å². The molecule has 0 atom stereocenters. The van der Waals surface area contributed by atoms with Crippen molar-refractivity contribution in [3.63, 3.8) is 0 Å². The molecule has 0 spiro atoms. The monoisotopic (exact) mass is 238 g/mol. The minimum atomic E-state index is -0.327. The molecule has 3 nitrogen and oxygen atoms in total. The zero-order valence-electron chi connectivity index (χ0n) is 9.69. The number of benzene rings is 1. The molecule has 0 aromatic heterocycles. The van der Waals surface area contributed by atoms with Crippen LogP contribution in [0.4, 0.5) is 0 Å². The van der Waals surface area contributed by atoms with Crippen molar-refractivity contribution in [2.75, 3.05) is 6.54 Å². The Morgan fingerprint density at radius 3 is 2.50 bits per heavy atom. The average molecular weight is 238 g/mol. The highest BCUT2D eigenvalue weighted by atomic mass is 32.2. The number of hydrogen-bond donors (Lipinski definition) is 2. The third kappa shape index (κ3) is 5.19. The molecule has 1 aromatic rings. The fourth-order valence-corrected chi connectivity index (χ4v) is 2.13. The van der Waals surface area contributed by atoms with E-state index in [0.717, 1.165) is 5.56 Å². The summed E-state index contributed by atoms with van der Waals surface area (Å²) in [6, 6.07) is 8.34. The lowest BCUT2D eigenvalue weighted by Gasteiger charge is -2.06. The standard InChI is InChI=1S/C12H18N2OS/c1-9(2)16-11-5-3-10(4-6-11)7-14-8-12(13)15/h3-6,9,14H,7-8H2,1-2H3,(H2,13,15). The molecular formula is C12H18N2OS. The number of hydrogen-bond acceptors (Lipinski definition) is 3. The molecule has 1 aromatic carbocycles. The van der Waals surface area contributed by atoms with E-state index in [2.05, 4.69) is 43.4 Å². The van der Waals surface area contributed by atoms with Crippen LogP contribution in [-0.4, -0.2) is 17.7 Å². The van der Waals surface area contributed by atoms with Gasteiger partial charge in [-0.3, -0.25) is 4.79 Å². The molecule has 0 aliphatic rings. The highest BCUT2D eigenvalue weighted by molar-refractivity contribution is 7.99. The summed E-state index contributed by atoms with van der Waals surface area (Å²) in [4.78, 5) is 11.8. The first-order valence-electron chi connectivity index (χ1n) is 5.32. The van der Waals surface area contributed by atoms with Crippen molar-refractivity contribution in [2.45, 2.75) is 30.5 Å². The summed E-state index contributed by atoms with van der Waals surface area (Å²) in [5.41, 5.74) is 6.19. The second kappa shape index (κ2) is 6.55. The molecule has 0 unspecified atom stereocenters. The summed E-state index contributed by atoms with van der Waals surface area (Å²) in [7, 11) is 0. The summed E-state index contributed by atoms with van der Waals surface area (Å²) >= 11 is 1.84. The van der Waals surface area contributed by atoms with Gasteiger partial charge < -0.3 is 11.1 Å². The van der Waals surface area contributed by atoms with Gasteiger partial charge >= 0.3 is 0 Å². The summed E-state index contributed by atoms with van der Waals surface area (Å²) in [6.07, 6.45) is 0. The van der Waals surface area contributed by atoms with Crippen molar-refractivity contribution in [2.24, 2.45) is 5.73 Å². The van der Waals surface area contributed by atoms with Crippen LogP contribution >= 0.6 is 11.8 Å². The Morgan fingerprint density at radius 1 is 1.38 bits per heavy atom. The average Bonchev–Trinajstić information content (AvgIpc) is 2.19. The van der Waals surface area contributed by atoms with Gasteiger partial charge in [0.05, 0.1) is 6.54 Å². The van der Waals surface area contributed by atoms with Crippen molar-refractivity contribution in [3.05, 3.63) is 29.8 Å². The SMILES string of the molecule is CC(C)Sc1ccc(CNCC(N)=O)cc1. The Balaban J connectivity index is 2.42. The lowest BCUT2D eigenvalue weighted by molar-refractivity contribution is -0.117. The van der Waals surface area contributed by atoms with E-state index < -0.39 is 0 Å². The maximum atomic E-state index is 10.5. The topological polar surface area (TPSA) is 55.1 Å². The molecule has 16 heavy (non-hydrogen) atoms. The number of carbonyl (C=O) groups is 1. The smallest absolute Gasteiger partial charge is 0.231 e. The zero-order chi connectivity index (χ0) is 12.0. The number of amides is 1. The number of rotatable bonds is 6. The lowest BCUT2D eigenvalue weighted by Crippen LogP contribution is -2.28. The van der Waals surface area contributed by atoms with Crippen LogP contribution in [0.25, 0.3) is 0 Å². The van der Waals surface area contributed by atoms with Crippen LogP contribution in [0.5, 0.6) is 0 Å². The van der Waals surface area contributed by atoms with Gasteiger partial charge in [0, 0.05) is 16.7 Å². The number of nitrogens with two attached hydrogens (primary N) is 1. The molecule has 0 saturated heterocycles. The summed E-state index contributed by atoms with van der Waals surface area (Å²) in [5.74, 6) is -0.327. The number of thioether (sulfide) groups is 1. The van der Waals surface area contributed by atoms with E-state index >= 15 is 0 Å². The molecule has 0 bridgehead atoms. The summed E-state index contributed by atoms with van der Waals surface area (Å²) in [6.45, 7) is 5.25.